The molecule has 2 aromatic heterocycles. The van der Waals surface area contributed by atoms with Crippen LogP contribution in [0.15, 0.2) is 30.5 Å². The number of hydrogen-bond donors (Lipinski definition) is 1. The molecule has 4 nitrogen and oxygen atoms in total. The standard InChI is InChI=1S/C14H13ClN4/c1-2-3-9-4-6-10(7-5-9)12-11-8-16-19-13(11)18-14(15)17-12/h4-8H,2-3H2,1H3,(H,16,17,18,19). The number of aromatic nitrogens is 4. The molecule has 0 aliphatic rings. The van der Waals surface area contributed by atoms with Gasteiger partial charge in [0.25, 0.3) is 0 Å². The Kier molecular flexibility index (Phi) is 3.17. The molecular formula is C14H13ClN4. The Labute approximate surface area is 115 Å². The summed E-state index contributed by atoms with van der Waals surface area (Å²) in [6.07, 6.45) is 3.96. The average molecular weight is 273 g/mol. The van der Waals surface area contributed by atoms with Crippen molar-refractivity contribution in [3.8, 4) is 11.3 Å². The van der Waals surface area contributed by atoms with Crippen LogP contribution in [0.5, 0.6) is 0 Å². The summed E-state index contributed by atoms with van der Waals surface area (Å²) in [5.74, 6) is 0. The Morgan fingerprint density at radius 3 is 2.68 bits per heavy atom. The van der Waals surface area contributed by atoms with Crippen LogP contribution in [-0.4, -0.2) is 20.2 Å². The number of hydrogen-bond acceptors (Lipinski definition) is 3. The van der Waals surface area contributed by atoms with Gasteiger partial charge in [-0.3, -0.25) is 5.10 Å². The van der Waals surface area contributed by atoms with Gasteiger partial charge in [-0.05, 0) is 23.6 Å². The summed E-state index contributed by atoms with van der Waals surface area (Å²) in [7, 11) is 0. The van der Waals surface area contributed by atoms with Gasteiger partial charge >= 0.3 is 0 Å². The van der Waals surface area contributed by atoms with Crippen molar-refractivity contribution in [2.45, 2.75) is 19.8 Å². The summed E-state index contributed by atoms with van der Waals surface area (Å²) >= 11 is 5.94. The normalized spacial score (nSPS) is 11.1. The molecular weight excluding hydrogens is 260 g/mol. The number of aryl methyl sites for hydroxylation is 1. The van der Waals surface area contributed by atoms with Crippen LogP contribution in [-0.2, 0) is 6.42 Å². The van der Waals surface area contributed by atoms with Gasteiger partial charge in [-0.25, -0.2) is 4.98 Å². The Bertz CT molecular complexity index is 703. The number of nitrogens with zero attached hydrogens (tertiary/aromatic N) is 3. The molecule has 0 fully saturated rings. The molecule has 0 saturated heterocycles. The minimum absolute atomic E-state index is 0.226. The molecule has 0 saturated carbocycles. The number of aromatic amines is 1. The minimum Gasteiger partial charge on any atom is -0.261 e. The van der Waals surface area contributed by atoms with Crippen LogP contribution >= 0.6 is 11.6 Å². The lowest BCUT2D eigenvalue weighted by Crippen LogP contribution is -1.90. The molecule has 96 valence electrons. The van der Waals surface area contributed by atoms with Gasteiger partial charge in [-0.1, -0.05) is 37.6 Å². The van der Waals surface area contributed by atoms with Crippen molar-refractivity contribution in [1.29, 1.82) is 0 Å². The second kappa shape index (κ2) is 4.97. The molecule has 1 aromatic carbocycles. The van der Waals surface area contributed by atoms with Crippen LogP contribution in [0, 0.1) is 0 Å². The van der Waals surface area contributed by atoms with E-state index in [4.69, 9.17) is 11.6 Å². The lowest BCUT2D eigenvalue weighted by Gasteiger charge is -2.04. The highest BCUT2D eigenvalue weighted by Crippen LogP contribution is 2.26. The van der Waals surface area contributed by atoms with Crippen molar-refractivity contribution in [1.82, 2.24) is 20.2 Å². The highest BCUT2D eigenvalue weighted by atomic mass is 35.5. The van der Waals surface area contributed by atoms with Crippen LogP contribution in [0.25, 0.3) is 22.3 Å². The third-order valence-electron chi connectivity index (χ3n) is 3.05. The fourth-order valence-electron chi connectivity index (χ4n) is 2.15. The molecule has 0 atom stereocenters. The number of rotatable bonds is 3. The Morgan fingerprint density at radius 1 is 1.16 bits per heavy atom. The SMILES string of the molecule is CCCc1ccc(-c2nc(Cl)nc3[nH]ncc23)cc1. The number of H-pyrrole nitrogens is 1. The molecule has 1 N–H and O–H groups in total. The molecule has 0 bridgehead atoms. The molecule has 19 heavy (non-hydrogen) atoms. The van der Waals surface area contributed by atoms with E-state index < -0.39 is 0 Å². The summed E-state index contributed by atoms with van der Waals surface area (Å²) in [6.45, 7) is 2.17. The van der Waals surface area contributed by atoms with Crippen molar-refractivity contribution < 1.29 is 0 Å². The first-order chi connectivity index (χ1) is 9.28. The summed E-state index contributed by atoms with van der Waals surface area (Å²) in [5, 5.41) is 7.91. The fourth-order valence-corrected chi connectivity index (χ4v) is 2.31. The van der Waals surface area contributed by atoms with E-state index in [2.05, 4.69) is 51.4 Å². The van der Waals surface area contributed by atoms with Crippen LogP contribution < -0.4 is 0 Å². The van der Waals surface area contributed by atoms with E-state index >= 15 is 0 Å². The van der Waals surface area contributed by atoms with Crippen LogP contribution in [0.3, 0.4) is 0 Å². The number of nitrogens with one attached hydrogen (secondary N) is 1. The predicted molar refractivity (Wildman–Crippen MR) is 76.1 cm³/mol. The largest absolute Gasteiger partial charge is 0.261 e. The fraction of sp³-hybridized carbons (Fsp3) is 0.214. The third kappa shape index (κ3) is 2.31. The molecule has 2 heterocycles. The van der Waals surface area contributed by atoms with Crippen LogP contribution in [0.4, 0.5) is 0 Å². The first-order valence-corrected chi connectivity index (χ1v) is 6.61. The summed E-state index contributed by atoms with van der Waals surface area (Å²) < 4.78 is 0. The second-order valence-corrected chi connectivity index (χ2v) is 4.76. The maximum Gasteiger partial charge on any atom is 0.224 e. The van der Waals surface area contributed by atoms with Gasteiger partial charge in [0.05, 0.1) is 17.3 Å². The van der Waals surface area contributed by atoms with Gasteiger partial charge < -0.3 is 0 Å². The van der Waals surface area contributed by atoms with E-state index in [9.17, 15) is 0 Å². The molecule has 0 aliphatic carbocycles. The van der Waals surface area contributed by atoms with Gasteiger partial charge in [-0.15, -0.1) is 0 Å². The van der Waals surface area contributed by atoms with Crippen molar-refractivity contribution in [3.05, 3.63) is 41.3 Å². The van der Waals surface area contributed by atoms with E-state index in [0.717, 1.165) is 29.5 Å². The van der Waals surface area contributed by atoms with Gasteiger partial charge in [0.1, 0.15) is 0 Å². The zero-order valence-corrected chi connectivity index (χ0v) is 11.3. The van der Waals surface area contributed by atoms with E-state index in [1.165, 1.54) is 5.56 Å². The summed E-state index contributed by atoms with van der Waals surface area (Å²) in [4.78, 5) is 8.42. The number of fused-ring (bicyclic) bond motifs is 1. The zero-order valence-electron chi connectivity index (χ0n) is 10.5. The molecule has 0 spiro atoms. The predicted octanol–water partition coefficient (Wildman–Crippen LogP) is 3.63. The molecule has 0 aliphatic heterocycles. The maximum atomic E-state index is 5.94. The van der Waals surface area contributed by atoms with Gasteiger partial charge in [-0.2, -0.15) is 10.1 Å². The Balaban J connectivity index is 2.10. The van der Waals surface area contributed by atoms with Gasteiger partial charge in [0, 0.05) is 5.56 Å². The lowest BCUT2D eigenvalue weighted by molar-refractivity contribution is 0.922. The van der Waals surface area contributed by atoms with Gasteiger partial charge in [0.15, 0.2) is 5.65 Å². The molecule has 5 heteroatoms. The van der Waals surface area contributed by atoms with E-state index in [1.54, 1.807) is 6.20 Å². The third-order valence-corrected chi connectivity index (χ3v) is 3.22. The number of halogens is 1. The highest BCUT2D eigenvalue weighted by Gasteiger charge is 2.10. The monoisotopic (exact) mass is 272 g/mol. The molecule has 0 unspecified atom stereocenters. The molecule has 0 amide bonds. The molecule has 0 radical (unpaired) electrons. The zero-order chi connectivity index (χ0) is 13.2. The highest BCUT2D eigenvalue weighted by molar-refractivity contribution is 6.28. The second-order valence-electron chi connectivity index (χ2n) is 4.42. The Hall–Kier alpha value is -1.94. The first-order valence-electron chi connectivity index (χ1n) is 6.24. The molecule has 3 aromatic rings. The summed E-state index contributed by atoms with van der Waals surface area (Å²) in [6, 6.07) is 8.38. The van der Waals surface area contributed by atoms with E-state index in [1.807, 2.05) is 0 Å². The van der Waals surface area contributed by atoms with Crippen LogP contribution in [0.1, 0.15) is 18.9 Å². The van der Waals surface area contributed by atoms with E-state index in [0.29, 0.717) is 5.65 Å². The topological polar surface area (TPSA) is 54.5 Å². The van der Waals surface area contributed by atoms with Crippen molar-refractivity contribution >= 4 is 22.6 Å². The Morgan fingerprint density at radius 2 is 1.95 bits per heavy atom. The van der Waals surface area contributed by atoms with Crippen molar-refractivity contribution in [3.63, 3.8) is 0 Å². The quantitative estimate of drug-likeness (QED) is 0.741. The average Bonchev–Trinajstić information content (AvgIpc) is 2.87. The summed E-state index contributed by atoms with van der Waals surface area (Å²) in [5.41, 5.74) is 3.82. The van der Waals surface area contributed by atoms with Crippen molar-refractivity contribution in [2.75, 3.05) is 0 Å². The van der Waals surface area contributed by atoms with E-state index in [-0.39, 0.29) is 5.28 Å². The lowest BCUT2D eigenvalue weighted by atomic mass is 10.0. The smallest absolute Gasteiger partial charge is 0.224 e. The van der Waals surface area contributed by atoms with Crippen LogP contribution in [0.2, 0.25) is 5.28 Å². The molecule has 3 rings (SSSR count). The van der Waals surface area contributed by atoms with Crippen molar-refractivity contribution in [2.24, 2.45) is 0 Å². The number of benzene rings is 1. The maximum absolute atomic E-state index is 5.94. The first kappa shape index (κ1) is 12.1. The minimum atomic E-state index is 0.226. The van der Waals surface area contributed by atoms with Gasteiger partial charge in [0.2, 0.25) is 5.28 Å².